The molecule has 2 N–H and O–H groups in total. The molecule has 2 heterocycles. The van der Waals surface area contributed by atoms with Crippen LogP contribution in [0.4, 0.5) is 10.5 Å². The molecule has 2 amide bonds. The molecule has 0 aliphatic heterocycles. The number of nitrogens with zero attached hydrogens (tertiary/aromatic N) is 1. The summed E-state index contributed by atoms with van der Waals surface area (Å²) < 4.78 is 3.08. The number of carbonyl (C=O) groups is 1. The highest BCUT2D eigenvalue weighted by molar-refractivity contribution is 9.10. The lowest BCUT2D eigenvalue weighted by Crippen LogP contribution is -2.31. The molecule has 0 aliphatic carbocycles. The van der Waals surface area contributed by atoms with E-state index in [0.717, 1.165) is 20.7 Å². The SMILES string of the molecule is Cc1sc(-n2cccc2)c(C(C)NC(=O)Nc2ccc(Br)cc2)c1C. The first-order chi connectivity index (χ1) is 12.0. The summed E-state index contributed by atoms with van der Waals surface area (Å²) in [4.78, 5) is 13.6. The molecular formula is C19H20BrN3OS. The first-order valence-electron chi connectivity index (χ1n) is 8.02. The van der Waals surface area contributed by atoms with E-state index in [-0.39, 0.29) is 12.1 Å². The van der Waals surface area contributed by atoms with Gasteiger partial charge < -0.3 is 15.2 Å². The number of carbonyl (C=O) groups excluding carboxylic acids is 1. The highest BCUT2D eigenvalue weighted by atomic mass is 79.9. The Balaban J connectivity index is 1.78. The van der Waals surface area contributed by atoms with Crippen LogP contribution in [0.2, 0.25) is 0 Å². The molecule has 0 saturated carbocycles. The smallest absolute Gasteiger partial charge is 0.319 e. The van der Waals surface area contributed by atoms with Crippen LogP contribution in [0.25, 0.3) is 5.00 Å². The number of aromatic nitrogens is 1. The fourth-order valence-electron chi connectivity index (χ4n) is 2.77. The van der Waals surface area contributed by atoms with Crippen LogP contribution in [-0.2, 0) is 0 Å². The molecule has 1 unspecified atom stereocenters. The molecule has 0 bridgehead atoms. The Bertz CT molecular complexity index is 869. The van der Waals surface area contributed by atoms with Gasteiger partial charge in [-0.15, -0.1) is 11.3 Å². The van der Waals surface area contributed by atoms with Crippen molar-refractivity contribution < 1.29 is 4.79 Å². The third-order valence-electron chi connectivity index (χ3n) is 4.13. The van der Waals surface area contributed by atoms with Gasteiger partial charge in [0.15, 0.2) is 0 Å². The van der Waals surface area contributed by atoms with E-state index in [1.807, 2.05) is 55.7 Å². The number of halogens is 1. The number of benzene rings is 1. The second-order valence-electron chi connectivity index (χ2n) is 5.92. The molecule has 3 rings (SSSR count). The number of anilines is 1. The molecule has 0 fully saturated rings. The van der Waals surface area contributed by atoms with Crippen LogP contribution in [0.1, 0.15) is 29.0 Å². The van der Waals surface area contributed by atoms with Gasteiger partial charge in [0, 0.05) is 33.0 Å². The summed E-state index contributed by atoms with van der Waals surface area (Å²) in [6, 6.07) is 11.2. The summed E-state index contributed by atoms with van der Waals surface area (Å²) in [6.45, 7) is 6.24. The van der Waals surface area contributed by atoms with Gasteiger partial charge in [0.05, 0.1) is 6.04 Å². The van der Waals surface area contributed by atoms with Crippen LogP contribution in [0, 0.1) is 13.8 Å². The second-order valence-corrected chi connectivity index (χ2v) is 8.04. The van der Waals surface area contributed by atoms with Gasteiger partial charge in [-0.1, -0.05) is 15.9 Å². The highest BCUT2D eigenvalue weighted by Crippen LogP contribution is 2.35. The largest absolute Gasteiger partial charge is 0.331 e. The Morgan fingerprint density at radius 3 is 2.44 bits per heavy atom. The number of rotatable bonds is 4. The normalized spacial score (nSPS) is 12.0. The fourth-order valence-corrected chi connectivity index (χ4v) is 4.25. The van der Waals surface area contributed by atoms with E-state index < -0.39 is 0 Å². The monoisotopic (exact) mass is 417 g/mol. The van der Waals surface area contributed by atoms with Crippen molar-refractivity contribution in [3.05, 3.63) is 69.3 Å². The third kappa shape index (κ3) is 3.96. The van der Waals surface area contributed by atoms with E-state index in [0.29, 0.717) is 0 Å². The van der Waals surface area contributed by atoms with Crippen molar-refractivity contribution in [1.82, 2.24) is 9.88 Å². The van der Waals surface area contributed by atoms with Crippen LogP contribution >= 0.6 is 27.3 Å². The third-order valence-corrected chi connectivity index (χ3v) is 5.90. The van der Waals surface area contributed by atoms with E-state index in [4.69, 9.17) is 0 Å². The Kier molecular flexibility index (Phi) is 5.30. The number of hydrogen-bond acceptors (Lipinski definition) is 2. The molecule has 6 heteroatoms. The van der Waals surface area contributed by atoms with Crippen molar-refractivity contribution in [1.29, 1.82) is 0 Å². The van der Waals surface area contributed by atoms with Crippen LogP contribution in [-0.4, -0.2) is 10.6 Å². The molecule has 0 aliphatic rings. The highest BCUT2D eigenvalue weighted by Gasteiger charge is 2.20. The Morgan fingerprint density at radius 1 is 1.16 bits per heavy atom. The van der Waals surface area contributed by atoms with Gasteiger partial charge >= 0.3 is 6.03 Å². The Labute approximate surface area is 160 Å². The number of thiophene rings is 1. The maximum Gasteiger partial charge on any atom is 0.319 e. The van der Waals surface area contributed by atoms with E-state index >= 15 is 0 Å². The molecular weight excluding hydrogens is 398 g/mol. The van der Waals surface area contributed by atoms with Crippen LogP contribution < -0.4 is 10.6 Å². The summed E-state index contributed by atoms with van der Waals surface area (Å²) in [5, 5.41) is 7.07. The molecule has 3 aromatic rings. The maximum absolute atomic E-state index is 12.4. The Hall–Kier alpha value is -2.05. The fraction of sp³-hybridized carbons (Fsp3) is 0.211. The number of amides is 2. The van der Waals surface area contributed by atoms with Crippen LogP contribution in [0.3, 0.4) is 0 Å². The number of hydrogen-bond donors (Lipinski definition) is 2. The topological polar surface area (TPSA) is 46.1 Å². The molecule has 0 radical (unpaired) electrons. The zero-order chi connectivity index (χ0) is 18.0. The van der Waals surface area contributed by atoms with Crippen molar-refractivity contribution in [2.24, 2.45) is 0 Å². The summed E-state index contributed by atoms with van der Waals surface area (Å²) in [7, 11) is 0. The molecule has 25 heavy (non-hydrogen) atoms. The van der Waals surface area contributed by atoms with Crippen molar-refractivity contribution in [2.75, 3.05) is 5.32 Å². The summed E-state index contributed by atoms with van der Waals surface area (Å²) in [5.41, 5.74) is 3.14. The van der Waals surface area contributed by atoms with Gasteiger partial charge in [0.2, 0.25) is 0 Å². The number of urea groups is 1. The van der Waals surface area contributed by atoms with Gasteiger partial charge in [0.1, 0.15) is 5.00 Å². The van der Waals surface area contributed by atoms with E-state index in [1.54, 1.807) is 11.3 Å². The van der Waals surface area contributed by atoms with Gasteiger partial charge in [-0.3, -0.25) is 0 Å². The molecule has 130 valence electrons. The van der Waals surface area contributed by atoms with E-state index in [1.165, 1.54) is 10.4 Å². The minimum Gasteiger partial charge on any atom is -0.331 e. The zero-order valence-electron chi connectivity index (χ0n) is 14.3. The standard InChI is InChI=1S/C19H20BrN3OS/c1-12-14(3)25-18(23-10-4-5-11-23)17(12)13(2)21-19(24)22-16-8-6-15(20)7-9-16/h4-11,13H,1-3H3,(H2,21,22,24). The lowest BCUT2D eigenvalue weighted by Gasteiger charge is -2.17. The maximum atomic E-state index is 12.4. The average Bonchev–Trinajstić information content (AvgIpc) is 3.18. The van der Waals surface area contributed by atoms with Crippen LogP contribution in [0.5, 0.6) is 0 Å². The van der Waals surface area contributed by atoms with E-state index in [2.05, 4.69) is 45.0 Å². The quantitative estimate of drug-likeness (QED) is 0.553. The number of aryl methyl sites for hydroxylation is 1. The predicted molar refractivity (Wildman–Crippen MR) is 108 cm³/mol. The van der Waals surface area contributed by atoms with Crippen molar-refractivity contribution >= 4 is 39.0 Å². The van der Waals surface area contributed by atoms with Gasteiger partial charge in [-0.05, 0) is 62.7 Å². The molecule has 2 aromatic heterocycles. The Morgan fingerprint density at radius 2 is 1.80 bits per heavy atom. The summed E-state index contributed by atoms with van der Waals surface area (Å²) >= 11 is 5.14. The molecule has 4 nitrogen and oxygen atoms in total. The zero-order valence-corrected chi connectivity index (χ0v) is 16.7. The van der Waals surface area contributed by atoms with Gasteiger partial charge in [-0.25, -0.2) is 4.79 Å². The molecule has 1 aromatic carbocycles. The average molecular weight is 418 g/mol. The van der Waals surface area contributed by atoms with Crippen molar-refractivity contribution in [3.63, 3.8) is 0 Å². The van der Waals surface area contributed by atoms with Crippen molar-refractivity contribution in [2.45, 2.75) is 26.8 Å². The van der Waals surface area contributed by atoms with Crippen molar-refractivity contribution in [3.8, 4) is 5.00 Å². The lowest BCUT2D eigenvalue weighted by molar-refractivity contribution is 0.249. The van der Waals surface area contributed by atoms with Gasteiger partial charge in [0.25, 0.3) is 0 Å². The first-order valence-corrected chi connectivity index (χ1v) is 9.63. The molecule has 1 atom stereocenters. The number of nitrogens with one attached hydrogen (secondary N) is 2. The summed E-state index contributed by atoms with van der Waals surface area (Å²) in [5.74, 6) is 0. The minimum absolute atomic E-state index is 0.0993. The second kappa shape index (κ2) is 7.45. The summed E-state index contributed by atoms with van der Waals surface area (Å²) in [6.07, 6.45) is 4.06. The minimum atomic E-state index is -0.212. The van der Waals surface area contributed by atoms with Gasteiger partial charge in [-0.2, -0.15) is 0 Å². The molecule has 0 saturated heterocycles. The molecule has 0 spiro atoms. The predicted octanol–water partition coefficient (Wildman–Crippen LogP) is 5.80. The first kappa shape index (κ1) is 17.8. The van der Waals surface area contributed by atoms with Crippen LogP contribution in [0.15, 0.2) is 53.3 Å². The van der Waals surface area contributed by atoms with E-state index in [9.17, 15) is 4.79 Å². The lowest BCUT2D eigenvalue weighted by atomic mass is 10.1.